The Kier molecular flexibility index (Phi) is 8.06. The molecular weight excluding hydrogens is 521 g/mol. The van der Waals surface area contributed by atoms with E-state index in [9.17, 15) is 53.2 Å². The smallest absolute Gasteiger partial charge is 0.744 e. The molecule has 1 heterocycles. The normalized spacial score (nSPS) is 11.3. The van der Waals surface area contributed by atoms with E-state index in [4.69, 9.17) is 0 Å². The van der Waals surface area contributed by atoms with Crippen LogP contribution in [0.15, 0.2) is 50.3 Å². The molecule has 1 aromatic heterocycles. The summed E-state index contributed by atoms with van der Waals surface area (Å²) in [6, 6.07) is 3.30. The number of aromatic hydroxyl groups is 1. The minimum Gasteiger partial charge on any atom is -0.744 e. The Morgan fingerprint density at radius 1 is 0.972 bits per heavy atom. The molecule has 36 heavy (non-hydrogen) atoms. The van der Waals surface area contributed by atoms with Gasteiger partial charge in [-0.05, 0) is 19.1 Å². The van der Waals surface area contributed by atoms with Crippen LogP contribution in [0.3, 0.4) is 0 Å². The maximum atomic E-state index is 12.8. The van der Waals surface area contributed by atoms with Gasteiger partial charge in [-0.2, -0.15) is 0 Å². The second kappa shape index (κ2) is 10.3. The number of hydrogen-bond acceptors (Lipinski definition) is 13. The number of nitro groups is 3. The zero-order valence-corrected chi connectivity index (χ0v) is 20.8. The second-order valence-corrected chi connectivity index (χ2v) is 8.01. The predicted molar refractivity (Wildman–Crippen MR) is 111 cm³/mol. The monoisotopic (exact) mass is 531 g/mol. The maximum absolute atomic E-state index is 12.8. The van der Waals surface area contributed by atoms with Crippen LogP contribution in [0.5, 0.6) is 5.75 Å². The molecule has 0 spiro atoms. The van der Waals surface area contributed by atoms with Crippen LogP contribution in [0.2, 0.25) is 0 Å². The fourth-order valence-corrected chi connectivity index (χ4v) is 3.34. The first kappa shape index (κ1) is 28.2. The van der Waals surface area contributed by atoms with Crippen LogP contribution in [0.4, 0.5) is 28.4 Å². The van der Waals surface area contributed by atoms with Crippen molar-refractivity contribution in [3.8, 4) is 11.4 Å². The molecule has 0 aliphatic heterocycles. The topological polar surface area (TPSA) is 269 Å². The Morgan fingerprint density at radius 2 is 1.58 bits per heavy atom. The van der Waals surface area contributed by atoms with Gasteiger partial charge in [0.25, 0.3) is 11.2 Å². The summed E-state index contributed by atoms with van der Waals surface area (Å²) in [5.41, 5.74) is -5.42. The zero-order chi connectivity index (χ0) is 26.2. The van der Waals surface area contributed by atoms with Gasteiger partial charge in [0.1, 0.15) is 21.5 Å². The minimum absolute atomic E-state index is 0. The molecule has 0 aliphatic rings. The Balaban J connectivity index is 0.00000456. The van der Waals surface area contributed by atoms with E-state index in [1.165, 1.54) is 6.92 Å². The number of nitrogens with one attached hydrogen (secondary N) is 1. The Labute approximate surface area is 220 Å². The van der Waals surface area contributed by atoms with E-state index in [1.807, 2.05) is 0 Å². The molecule has 0 aliphatic carbocycles. The van der Waals surface area contributed by atoms with Crippen molar-refractivity contribution in [2.75, 3.05) is 0 Å². The molecule has 0 amide bonds. The molecule has 18 nitrogen and oxygen atoms in total. The van der Waals surface area contributed by atoms with E-state index in [2.05, 4.69) is 15.3 Å². The van der Waals surface area contributed by atoms with Gasteiger partial charge in [-0.3, -0.25) is 40.2 Å². The molecule has 3 aromatic rings. The number of aromatic amines is 1. The second-order valence-electron chi connectivity index (χ2n) is 6.63. The third-order valence-electron chi connectivity index (χ3n) is 4.43. The van der Waals surface area contributed by atoms with Crippen LogP contribution in [-0.4, -0.2) is 42.6 Å². The summed E-state index contributed by atoms with van der Waals surface area (Å²) < 4.78 is 34.5. The molecule has 0 unspecified atom stereocenters. The summed E-state index contributed by atoms with van der Waals surface area (Å²) >= 11 is 0. The SMILES string of the molecule is Cc1[nH]n(-c2ccc([N+](=O)[O-])cc2[N+](=O)[O-])c(=O)c1N=Nc1cc(S(=O)(=O)[O-])cc([N+](=O)[O-])c1O.[Na+]. The van der Waals surface area contributed by atoms with Crippen LogP contribution in [0.1, 0.15) is 5.69 Å². The number of H-pyrrole nitrogens is 1. The van der Waals surface area contributed by atoms with Crippen molar-refractivity contribution < 1.29 is 62.4 Å². The molecule has 0 saturated carbocycles. The summed E-state index contributed by atoms with van der Waals surface area (Å²) in [7, 11) is -5.20. The largest absolute Gasteiger partial charge is 1.00 e. The van der Waals surface area contributed by atoms with Gasteiger partial charge < -0.3 is 9.66 Å². The number of hydrogen-bond donors (Lipinski definition) is 2. The first-order valence-corrected chi connectivity index (χ1v) is 10.3. The molecule has 0 fully saturated rings. The molecule has 0 radical (unpaired) electrons. The zero-order valence-electron chi connectivity index (χ0n) is 18.0. The van der Waals surface area contributed by atoms with E-state index in [1.54, 1.807) is 0 Å². The molecule has 2 N–H and O–H groups in total. The van der Waals surface area contributed by atoms with Gasteiger partial charge >= 0.3 is 40.9 Å². The number of nitrogens with zero attached hydrogens (tertiary/aromatic N) is 6. The number of aryl methyl sites for hydroxylation is 1. The molecule has 182 valence electrons. The van der Waals surface area contributed by atoms with Crippen LogP contribution in [-0.2, 0) is 10.1 Å². The summed E-state index contributed by atoms with van der Waals surface area (Å²) in [6.07, 6.45) is 0. The number of phenolic OH excluding ortho intramolecular Hbond substituents is 1. The number of benzene rings is 2. The number of nitro benzene ring substituents is 3. The quantitative estimate of drug-likeness (QED) is 0.125. The van der Waals surface area contributed by atoms with Crippen molar-refractivity contribution in [1.29, 1.82) is 0 Å². The van der Waals surface area contributed by atoms with Crippen molar-refractivity contribution in [1.82, 2.24) is 9.78 Å². The van der Waals surface area contributed by atoms with Crippen LogP contribution < -0.4 is 35.1 Å². The van der Waals surface area contributed by atoms with Gasteiger partial charge in [-0.25, -0.2) is 13.1 Å². The van der Waals surface area contributed by atoms with Gasteiger partial charge in [-0.15, -0.1) is 10.2 Å². The third kappa shape index (κ3) is 5.44. The van der Waals surface area contributed by atoms with E-state index in [-0.39, 0.29) is 35.3 Å². The molecule has 0 atom stereocenters. The van der Waals surface area contributed by atoms with Crippen molar-refractivity contribution in [2.45, 2.75) is 11.8 Å². The fraction of sp³-hybridized carbons (Fsp3) is 0.0625. The van der Waals surface area contributed by atoms with E-state index in [0.29, 0.717) is 22.9 Å². The number of rotatable bonds is 7. The Bertz CT molecular complexity index is 1610. The predicted octanol–water partition coefficient (Wildman–Crippen LogP) is -0.772. The van der Waals surface area contributed by atoms with Crippen LogP contribution in [0, 0.1) is 37.3 Å². The van der Waals surface area contributed by atoms with Gasteiger partial charge in [0.2, 0.25) is 5.75 Å². The Hall–Kier alpha value is -4.04. The van der Waals surface area contributed by atoms with E-state index >= 15 is 0 Å². The van der Waals surface area contributed by atoms with E-state index < -0.39 is 75.2 Å². The minimum atomic E-state index is -5.20. The number of aromatic nitrogens is 2. The molecule has 3 rings (SSSR count). The van der Waals surface area contributed by atoms with Crippen LogP contribution in [0.25, 0.3) is 5.69 Å². The maximum Gasteiger partial charge on any atom is 1.00 e. The van der Waals surface area contributed by atoms with Crippen molar-refractivity contribution in [3.63, 3.8) is 0 Å². The molecule has 0 bridgehead atoms. The van der Waals surface area contributed by atoms with Gasteiger partial charge in [0.15, 0.2) is 5.69 Å². The summed E-state index contributed by atoms with van der Waals surface area (Å²) in [5.74, 6) is -1.15. The van der Waals surface area contributed by atoms with Crippen LogP contribution >= 0.6 is 0 Å². The van der Waals surface area contributed by atoms with Gasteiger partial charge in [0, 0.05) is 12.1 Å². The van der Waals surface area contributed by atoms with Gasteiger partial charge in [0.05, 0.1) is 31.4 Å². The molecule has 20 heteroatoms. The number of non-ortho nitro benzene ring substituents is 1. The van der Waals surface area contributed by atoms with Crippen molar-refractivity contribution in [3.05, 3.63) is 76.7 Å². The van der Waals surface area contributed by atoms with Crippen molar-refractivity contribution in [2.24, 2.45) is 10.2 Å². The average molecular weight is 531 g/mol. The first-order valence-electron chi connectivity index (χ1n) is 8.86. The first-order chi connectivity index (χ1) is 16.2. The number of azo groups is 1. The summed E-state index contributed by atoms with van der Waals surface area (Å²) in [6.45, 7) is 1.28. The molecule has 0 saturated heterocycles. The van der Waals surface area contributed by atoms with E-state index in [0.717, 1.165) is 12.1 Å². The number of phenols is 1. The van der Waals surface area contributed by atoms with Gasteiger partial charge in [-0.1, -0.05) is 0 Å². The van der Waals surface area contributed by atoms with Crippen molar-refractivity contribution >= 4 is 38.6 Å². The third-order valence-corrected chi connectivity index (χ3v) is 5.25. The average Bonchev–Trinajstić information content (AvgIpc) is 3.04. The fourth-order valence-electron chi connectivity index (χ4n) is 2.83. The Morgan fingerprint density at radius 3 is 2.11 bits per heavy atom. The molecular formula is C16H10N7NaO11S. The summed E-state index contributed by atoms with van der Waals surface area (Å²) in [5, 5.41) is 52.8. The summed E-state index contributed by atoms with van der Waals surface area (Å²) in [4.78, 5) is 42.0. The standard InChI is InChI=1S/C16H11N7O11S.Na/c1-7-14(18-17-10-5-9(35(32,33)34)6-13(15(10)24)23(30)31)16(25)20(19-7)11-3-2-8(21(26)27)4-12(11)22(28)29;/h2-6,19,24H,1H3,(H,32,33,34);/q;+1/p-1. The molecule has 2 aromatic carbocycles.